The predicted octanol–water partition coefficient (Wildman–Crippen LogP) is 4.51. The van der Waals surface area contributed by atoms with Gasteiger partial charge >= 0.3 is 0 Å². The van der Waals surface area contributed by atoms with Crippen LogP contribution in [0, 0.1) is 5.92 Å². The standard InChI is InChI=1S/C10H13Cl3N2.ClH/c1-3-5(2)9(14)7-6(11)4-15-10(13)8(7)12;/h4-5,9H,3,14H2,1-2H3;1H/t5?,9-;/m1./s1. The van der Waals surface area contributed by atoms with Crippen molar-refractivity contribution in [1.82, 2.24) is 4.98 Å². The minimum atomic E-state index is -0.213. The Kier molecular flexibility index (Phi) is 6.99. The smallest absolute Gasteiger partial charge is 0.148 e. The molecular weight excluding hydrogens is 290 g/mol. The van der Waals surface area contributed by atoms with Crippen molar-refractivity contribution in [3.8, 4) is 0 Å². The molecule has 1 rings (SSSR count). The number of hydrogen-bond acceptors (Lipinski definition) is 2. The SMILES string of the molecule is CCC(C)[C@@H](N)c1c(Cl)cnc(Cl)c1Cl.Cl. The van der Waals surface area contributed by atoms with Crippen LogP contribution >= 0.6 is 47.2 Å². The summed E-state index contributed by atoms with van der Waals surface area (Å²) in [6.45, 7) is 4.11. The Morgan fingerprint density at radius 3 is 2.44 bits per heavy atom. The largest absolute Gasteiger partial charge is 0.324 e. The van der Waals surface area contributed by atoms with Gasteiger partial charge in [-0.05, 0) is 5.92 Å². The molecule has 92 valence electrons. The Morgan fingerprint density at radius 1 is 1.38 bits per heavy atom. The molecule has 1 aromatic rings. The maximum Gasteiger partial charge on any atom is 0.148 e. The number of rotatable bonds is 3. The van der Waals surface area contributed by atoms with E-state index in [2.05, 4.69) is 11.9 Å². The number of nitrogens with zero attached hydrogens (tertiary/aromatic N) is 1. The third-order valence-corrected chi connectivity index (χ3v) is 3.62. The van der Waals surface area contributed by atoms with Gasteiger partial charge in [-0.3, -0.25) is 0 Å². The van der Waals surface area contributed by atoms with Crippen LogP contribution in [0.3, 0.4) is 0 Å². The lowest BCUT2D eigenvalue weighted by atomic mass is 9.94. The number of nitrogens with two attached hydrogens (primary N) is 1. The van der Waals surface area contributed by atoms with Crippen molar-refractivity contribution in [2.75, 3.05) is 0 Å². The van der Waals surface area contributed by atoms with E-state index in [9.17, 15) is 0 Å². The summed E-state index contributed by atoms with van der Waals surface area (Å²) < 4.78 is 0. The topological polar surface area (TPSA) is 38.9 Å². The van der Waals surface area contributed by atoms with Crippen molar-refractivity contribution in [3.05, 3.63) is 27.0 Å². The molecule has 0 aliphatic carbocycles. The molecule has 0 aromatic carbocycles. The summed E-state index contributed by atoms with van der Waals surface area (Å²) in [5.74, 6) is 0.290. The van der Waals surface area contributed by atoms with Crippen LogP contribution in [0.1, 0.15) is 31.9 Å². The minimum Gasteiger partial charge on any atom is -0.324 e. The Bertz CT molecular complexity index is 357. The molecule has 0 spiro atoms. The Morgan fingerprint density at radius 2 is 1.94 bits per heavy atom. The van der Waals surface area contributed by atoms with E-state index >= 15 is 0 Å². The first-order valence-corrected chi connectivity index (χ1v) is 5.87. The number of hydrogen-bond donors (Lipinski definition) is 1. The maximum atomic E-state index is 6.06. The van der Waals surface area contributed by atoms with Crippen molar-refractivity contribution >= 4 is 47.2 Å². The zero-order valence-electron chi connectivity index (χ0n) is 9.01. The molecule has 1 unspecified atom stereocenters. The molecule has 0 bridgehead atoms. The monoisotopic (exact) mass is 302 g/mol. The first-order valence-electron chi connectivity index (χ1n) is 4.74. The molecule has 6 heteroatoms. The van der Waals surface area contributed by atoms with Crippen LogP contribution < -0.4 is 5.73 Å². The third kappa shape index (κ3) is 3.38. The van der Waals surface area contributed by atoms with Crippen molar-refractivity contribution < 1.29 is 0 Å². The first-order chi connectivity index (χ1) is 6.99. The van der Waals surface area contributed by atoms with Gasteiger partial charge in [-0.1, -0.05) is 55.1 Å². The van der Waals surface area contributed by atoms with E-state index in [0.717, 1.165) is 6.42 Å². The van der Waals surface area contributed by atoms with E-state index < -0.39 is 0 Å². The number of aromatic nitrogens is 1. The second kappa shape index (κ2) is 6.87. The van der Waals surface area contributed by atoms with Crippen LogP contribution in [0.2, 0.25) is 15.2 Å². The summed E-state index contributed by atoms with van der Waals surface area (Å²) in [5.41, 5.74) is 6.75. The zero-order valence-corrected chi connectivity index (χ0v) is 12.1. The zero-order chi connectivity index (χ0) is 11.6. The molecule has 0 aliphatic heterocycles. The molecule has 2 nitrogen and oxygen atoms in total. The summed E-state index contributed by atoms with van der Waals surface area (Å²) >= 11 is 17.9. The Balaban J connectivity index is 0.00000225. The first kappa shape index (κ1) is 16.3. The van der Waals surface area contributed by atoms with Gasteiger partial charge in [0.05, 0.1) is 10.0 Å². The highest BCUT2D eigenvalue weighted by Gasteiger charge is 2.21. The fourth-order valence-corrected chi connectivity index (χ4v) is 2.04. The molecular formula is C10H14Cl4N2. The lowest BCUT2D eigenvalue weighted by molar-refractivity contribution is 0.457. The van der Waals surface area contributed by atoms with Gasteiger partial charge in [-0.25, -0.2) is 4.98 Å². The van der Waals surface area contributed by atoms with Gasteiger partial charge in [0.15, 0.2) is 0 Å². The van der Waals surface area contributed by atoms with Gasteiger partial charge in [0.1, 0.15) is 5.15 Å². The van der Waals surface area contributed by atoms with Crippen molar-refractivity contribution in [2.45, 2.75) is 26.3 Å². The molecule has 16 heavy (non-hydrogen) atoms. The molecule has 1 heterocycles. The van der Waals surface area contributed by atoms with Gasteiger partial charge in [-0.2, -0.15) is 0 Å². The van der Waals surface area contributed by atoms with E-state index in [1.165, 1.54) is 6.20 Å². The highest BCUT2D eigenvalue weighted by Crippen LogP contribution is 2.36. The fraction of sp³-hybridized carbons (Fsp3) is 0.500. The third-order valence-electron chi connectivity index (χ3n) is 2.56. The van der Waals surface area contributed by atoms with E-state index in [-0.39, 0.29) is 23.6 Å². The fourth-order valence-electron chi connectivity index (χ4n) is 1.30. The molecule has 0 saturated heterocycles. The van der Waals surface area contributed by atoms with Gasteiger partial charge in [0, 0.05) is 17.8 Å². The van der Waals surface area contributed by atoms with Crippen molar-refractivity contribution in [2.24, 2.45) is 11.7 Å². The van der Waals surface area contributed by atoms with Gasteiger partial charge in [0.25, 0.3) is 0 Å². The molecule has 0 fully saturated rings. The highest BCUT2D eigenvalue weighted by atomic mass is 35.5. The van der Waals surface area contributed by atoms with Crippen LogP contribution in [0.15, 0.2) is 6.20 Å². The molecule has 1 aromatic heterocycles. The predicted molar refractivity (Wildman–Crippen MR) is 72.9 cm³/mol. The Labute approximate surface area is 117 Å². The summed E-state index contributed by atoms with van der Waals surface area (Å²) in [4.78, 5) is 3.85. The van der Waals surface area contributed by atoms with Gasteiger partial charge in [0.2, 0.25) is 0 Å². The van der Waals surface area contributed by atoms with Crippen LogP contribution in [-0.4, -0.2) is 4.98 Å². The van der Waals surface area contributed by atoms with Gasteiger partial charge < -0.3 is 5.73 Å². The van der Waals surface area contributed by atoms with E-state index in [4.69, 9.17) is 40.5 Å². The van der Waals surface area contributed by atoms with Crippen LogP contribution in [0.4, 0.5) is 0 Å². The normalized spacial score (nSPS) is 14.1. The number of halogens is 4. The second-order valence-corrected chi connectivity index (χ2v) is 4.68. The van der Waals surface area contributed by atoms with Crippen molar-refractivity contribution in [3.63, 3.8) is 0 Å². The highest BCUT2D eigenvalue weighted by molar-refractivity contribution is 6.43. The van der Waals surface area contributed by atoms with Crippen LogP contribution in [-0.2, 0) is 0 Å². The minimum absolute atomic E-state index is 0. The Hall–Kier alpha value is 0.270. The van der Waals surface area contributed by atoms with Crippen molar-refractivity contribution in [1.29, 1.82) is 0 Å². The molecule has 0 radical (unpaired) electrons. The van der Waals surface area contributed by atoms with Gasteiger partial charge in [-0.15, -0.1) is 12.4 Å². The summed E-state index contributed by atoms with van der Waals surface area (Å²) in [6, 6.07) is -0.213. The molecule has 0 aliphatic rings. The second-order valence-electron chi connectivity index (χ2n) is 3.54. The molecule has 0 amide bonds. The summed E-state index contributed by atoms with van der Waals surface area (Å²) in [5, 5.41) is 1.07. The molecule has 2 atom stereocenters. The van der Waals surface area contributed by atoms with E-state index in [1.807, 2.05) is 6.92 Å². The van der Waals surface area contributed by atoms with E-state index in [0.29, 0.717) is 21.5 Å². The van der Waals surface area contributed by atoms with Crippen LogP contribution in [0.25, 0.3) is 0 Å². The average Bonchev–Trinajstić information content (AvgIpc) is 2.22. The molecule has 0 saturated carbocycles. The quantitative estimate of drug-likeness (QED) is 0.834. The average molecular weight is 304 g/mol. The summed E-state index contributed by atoms with van der Waals surface area (Å²) in [7, 11) is 0. The lowest BCUT2D eigenvalue weighted by Gasteiger charge is -2.21. The van der Waals surface area contributed by atoms with Crippen LogP contribution in [0.5, 0.6) is 0 Å². The lowest BCUT2D eigenvalue weighted by Crippen LogP contribution is -2.19. The van der Waals surface area contributed by atoms with E-state index in [1.54, 1.807) is 0 Å². The number of pyridine rings is 1. The summed E-state index contributed by atoms with van der Waals surface area (Å²) in [6.07, 6.45) is 2.43. The molecule has 2 N–H and O–H groups in total. The maximum absolute atomic E-state index is 6.06.